The number of H-pyrrole nitrogens is 1. The predicted molar refractivity (Wildman–Crippen MR) is 126 cm³/mol. The maximum Gasteiger partial charge on any atom is 0.323 e. The van der Waals surface area contributed by atoms with E-state index in [4.69, 9.17) is 14.2 Å². The van der Waals surface area contributed by atoms with Gasteiger partial charge in [0.1, 0.15) is 6.04 Å². The number of carbonyl (C=O) groups is 2. The van der Waals surface area contributed by atoms with Crippen LogP contribution in [0.5, 0.6) is 0 Å². The number of ether oxygens (including phenoxy) is 3. The minimum absolute atomic E-state index is 0.152. The van der Waals surface area contributed by atoms with Gasteiger partial charge < -0.3 is 24.5 Å². The summed E-state index contributed by atoms with van der Waals surface area (Å²) >= 11 is 0. The first-order valence-corrected chi connectivity index (χ1v) is 11.6. The second kappa shape index (κ2) is 9.58. The molecule has 0 aliphatic carbocycles. The summed E-state index contributed by atoms with van der Waals surface area (Å²) in [6, 6.07) is 16.3. The molecule has 3 heterocycles. The second-order valence-corrected chi connectivity index (χ2v) is 8.85. The average molecular weight is 464 g/mol. The number of benzene rings is 2. The van der Waals surface area contributed by atoms with Crippen LogP contribution in [0.4, 0.5) is 0 Å². The maximum atomic E-state index is 12.5. The molecular formula is C26H29N3O5. The van der Waals surface area contributed by atoms with Crippen LogP contribution < -0.4 is 10.6 Å². The number of para-hydroxylation sites is 1. The SMILES string of the molecule is COC(=O)[C@@H]1Cc2c([nH]c3ccccc23)[C@@H](C[C@H]2OC[C@@H](NC(=O)c3ccccc3)[C@@H](C)O2)N1. The van der Waals surface area contributed by atoms with E-state index < -0.39 is 12.3 Å². The molecular weight excluding hydrogens is 434 g/mol. The lowest BCUT2D eigenvalue weighted by molar-refractivity contribution is -0.223. The molecule has 0 spiro atoms. The largest absolute Gasteiger partial charge is 0.468 e. The Morgan fingerprint density at radius 2 is 1.88 bits per heavy atom. The molecule has 8 heteroatoms. The van der Waals surface area contributed by atoms with E-state index >= 15 is 0 Å². The smallest absolute Gasteiger partial charge is 0.323 e. The van der Waals surface area contributed by atoms with Crippen LogP contribution in [-0.4, -0.2) is 55.1 Å². The van der Waals surface area contributed by atoms with Crippen molar-refractivity contribution in [2.24, 2.45) is 0 Å². The fourth-order valence-electron chi connectivity index (χ4n) is 4.84. The summed E-state index contributed by atoms with van der Waals surface area (Å²) in [5, 5.41) is 7.52. The van der Waals surface area contributed by atoms with Crippen molar-refractivity contribution >= 4 is 22.8 Å². The average Bonchev–Trinajstić information content (AvgIpc) is 3.24. The summed E-state index contributed by atoms with van der Waals surface area (Å²) in [5.41, 5.74) is 3.79. The fourth-order valence-corrected chi connectivity index (χ4v) is 4.84. The van der Waals surface area contributed by atoms with Gasteiger partial charge in [-0.15, -0.1) is 0 Å². The van der Waals surface area contributed by atoms with Crippen LogP contribution in [0.15, 0.2) is 54.6 Å². The molecule has 34 heavy (non-hydrogen) atoms. The van der Waals surface area contributed by atoms with Crippen LogP contribution in [0, 0.1) is 0 Å². The fraction of sp³-hybridized carbons (Fsp3) is 0.385. The van der Waals surface area contributed by atoms with E-state index in [1.807, 2.05) is 43.3 Å². The van der Waals surface area contributed by atoms with Gasteiger partial charge in [0.2, 0.25) is 0 Å². The van der Waals surface area contributed by atoms with E-state index in [0.717, 1.165) is 22.2 Å². The summed E-state index contributed by atoms with van der Waals surface area (Å²) in [7, 11) is 1.41. The van der Waals surface area contributed by atoms with E-state index in [1.165, 1.54) is 7.11 Å². The third-order valence-electron chi connectivity index (χ3n) is 6.67. The number of hydrogen-bond acceptors (Lipinski definition) is 6. The minimum Gasteiger partial charge on any atom is -0.468 e. The van der Waals surface area contributed by atoms with E-state index in [9.17, 15) is 9.59 Å². The lowest BCUT2D eigenvalue weighted by Crippen LogP contribution is -2.53. The van der Waals surface area contributed by atoms with Crippen LogP contribution in [0.2, 0.25) is 0 Å². The van der Waals surface area contributed by atoms with Crippen molar-refractivity contribution in [1.82, 2.24) is 15.6 Å². The topological polar surface area (TPSA) is 102 Å². The first-order chi connectivity index (χ1) is 16.5. The number of amides is 1. The molecule has 0 unspecified atom stereocenters. The molecule has 5 rings (SSSR count). The number of aromatic nitrogens is 1. The van der Waals surface area contributed by atoms with Crippen LogP contribution in [-0.2, 0) is 25.4 Å². The molecule has 2 aromatic carbocycles. The van der Waals surface area contributed by atoms with Crippen LogP contribution in [0.3, 0.4) is 0 Å². The van der Waals surface area contributed by atoms with Gasteiger partial charge in [-0.3, -0.25) is 14.9 Å². The molecule has 3 aromatic rings. The van der Waals surface area contributed by atoms with E-state index in [2.05, 4.69) is 21.7 Å². The van der Waals surface area contributed by atoms with Crippen molar-refractivity contribution < 1.29 is 23.8 Å². The zero-order valence-corrected chi connectivity index (χ0v) is 19.2. The van der Waals surface area contributed by atoms with Crippen LogP contribution in [0.1, 0.15) is 41.0 Å². The van der Waals surface area contributed by atoms with Crippen molar-refractivity contribution in [1.29, 1.82) is 0 Å². The van der Waals surface area contributed by atoms with Gasteiger partial charge in [-0.1, -0.05) is 36.4 Å². The highest BCUT2D eigenvalue weighted by molar-refractivity contribution is 5.94. The lowest BCUT2D eigenvalue weighted by Gasteiger charge is -2.38. The lowest BCUT2D eigenvalue weighted by atomic mass is 9.92. The Morgan fingerprint density at radius 3 is 2.65 bits per heavy atom. The molecule has 8 nitrogen and oxygen atoms in total. The summed E-state index contributed by atoms with van der Waals surface area (Å²) in [5.74, 6) is -0.441. The number of methoxy groups -OCH3 is 1. The quantitative estimate of drug-likeness (QED) is 0.503. The summed E-state index contributed by atoms with van der Waals surface area (Å²) in [4.78, 5) is 28.4. The van der Waals surface area contributed by atoms with Gasteiger partial charge in [0.15, 0.2) is 6.29 Å². The number of carbonyl (C=O) groups excluding carboxylic acids is 2. The second-order valence-electron chi connectivity index (χ2n) is 8.85. The third kappa shape index (κ3) is 4.44. The zero-order chi connectivity index (χ0) is 23.7. The highest BCUT2D eigenvalue weighted by Crippen LogP contribution is 2.35. The molecule has 2 aliphatic heterocycles. The molecule has 0 bridgehead atoms. The molecule has 178 valence electrons. The Labute approximate surface area is 198 Å². The zero-order valence-electron chi connectivity index (χ0n) is 19.2. The van der Waals surface area contributed by atoms with Gasteiger partial charge >= 0.3 is 5.97 Å². The highest BCUT2D eigenvalue weighted by Gasteiger charge is 2.37. The Bertz CT molecular complexity index is 1180. The van der Waals surface area contributed by atoms with E-state index in [-0.39, 0.29) is 30.1 Å². The molecule has 0 saturated carbocycles. The number of hydrogen-bond donors (Lipinski definition) is 3. The third-order valence-corrected chi connectivity index (χ3v) is 6.67. The van der Waals surface area contributed by atoms with Crippen molar-refractivity contribution in [3.63, 3.8) is 0 Å². The molecule has 1 fully saturated rings. The molecule has 0 radical (unpaired) electrons. The molecule has 1 aromatic heterocycles. The molecule has 1 amide bonds. The first-order valence-electron chi connectivity index (χ1n) is 11.6. The van der Waals surface area contributed by atoms with Gasteiger partial charge in [-0.2, -0.15) is 0 Å². The van der Waals surface area contributed by atoms with Gasteiger partial charge in [0.05, 0.1) is 31.9 Å². The standard InChI is InChI=1S/C26H29N3O5/c1-15-22(29-25(30)16-8-4-3-5-9-16)14-33-23(34-15)13-20-24-18(12-21(27-20)26(31)32-2)17-10-6-7-11-19(17)28-24/h3-11,15,20-23,27-28H,12-14H2,1-2H3,(H,29,30)/t15-,20-,21+,22-,23+/m1/s1. The highest BCUT2D eigenvalue weighted by atomic mass is 16.7. The van der Waals surface area contributed by atoms with Gasteiger partial charge in [-0.25, -0.2) is 0 Å². The first kappa shape index (κ1) is 22.6. The van der Waals surface area contributed by atoms with Crippen molar-refractivity contribution in [2.45, 2.75) is 50.3 Å². The van der Waals surface area contributed by atoms with Gasteiger partial charge in [-0.05, 0) is 30.7 Å². The molecule has 3 N–H and O–H groups in total. The molecule has 5 atom stereocenters. The van der Waals surface area contributed by atoms with Crippen molar-refractivity contribution in [2.75, 3.05) is 13.7 Å². The minimum atomic E-state index is -0.479. The summed E-state index contributed by atoms with van der Waals surface area (Å²) < 4.78 is 17.2. The normalized spacial score (nSPS) is 26.6. The molecule has 2 aliphatic rings. The Balaban J connectivity index is 1.29. The molecule has 1 saturated heterocycles. The van der Waals surface area contributed by atoms with Crippen molar-refractivity contribution in [3.8, 4) is 0 Å². The van der Waals surface area contributed by atoms with Crippen LogP contribution >= 0.6 is 0 Å². The van der Waals surface area contributed by atoms with Crippen molar-refractivity contribution in [3.05, 3.63) is 71.4 Å². The Kier molecular flexibility index (Phi) is 6.36. The Hall–Kier alpha value is -3.20. The predicted octanol–water partition coefficient (Wildman–Crippen LogP) is 2.85. The van der Waals surface area contributed by atoms with E-state index in [1.54, 1.807) is 12.1 Å². The van der Waals surface area contributed by atoms with Gasteiger partial charge in [0, 0.05) is 35.0 Å². The number of fused-ring (bicyclic) bond motifs is 3. The summed E-state index contributed by atoms with van der Waals surface area (Å²) in [6.07, 6.45) is 0.359. The maximum absolute atomic E-state index is 12.5. The summed E-state index contributed by atoms with van der Waals surface area (Å²) in [6.45, 7) is 2.28. The van der Waals surface area contributed by atoms with Gasteiger partial charge in [0.25, 0.3) is 5.91 Å². The monoisotopic (exact) mass is 463 g/mol. The number of rotatable bonds is 5. The number of esters is 1. The number of nitrogens with one attached hydrogen (secondary N) is 3. The Morgan fingerprint density at radius 1 is 1.12 bits per heavy atom. The number of aromatic amines is 1. The van der Waals surface area contributed by atoms with E-state index in [0.29, 0.717) is 25.0 Å². The van der Waals surface area contributed by atoms with Crippen LogP contribution in [0.25, 0.3) is 10.9 Å².